The molecule has 2 aliphatic carbocycles. The molecule has 2 atom stereocenters. The third-order valence-corrected chi connectivity index (χ3v) is 5.34. The van der Waals surface area contributed by atoms with Crippen molar-refractivity contribution in [3.8, 4) is 0 Å². The molecule has 18 heavy (non-hydrogen) atoms. The zero-order valence-electron chi connectivity index (χ0n) is 10.8. The second-order valence-electron chi connectivity index (χ2n) is 6.22. The van der Waals surface area contributed by atoms with E-state index in [9.17, 15) is 4.79 Å². The zero-order valence-corrected chi connectivity index (χ0v) is 10.8. The lowest BCUT2D eigenvalue weighted by Crippen LogP contribution is -2.48. The largest absolute Gasteiger partial charge is 0.347 e. The number of carbonyl (C=O) groups excluding carboxylic acids is 1. The monoisotopic (exact) mass is 251 g/mol. The highest BCUT2D eigenvalue weighted by Crippen LogP contribution is 2.58. The summed E-state index contributed by atoms with van der Waals surface area (Å²) in [5, 5.41) is 0. The molecule has 0 bridgehead atoms. The zero-order chi connectivity index (χ0) is 12.2. The molecule has 0 aromatic rings. The van der Waals surface area contributed by atoms with Gasteiger partial charge in [0.1, 0.15) is 0 Å². The quantitative estimate of drug-likeness (QED) is 0.707. The Morgan fingerprint density at radius 3 is 2.28 bits per heavy atom. The number of amides is 1. The van der Waals surface area contributed by atoms with Crippen LogP contribution in [0.15, 0.2) is 0 Å². The van der Waals surface area contributed by atoms with Crippen LogP contribution in [0.25, 0.3) is 0 Å². The average Bonchev–Trinajstić information content (AvgIpc) is 2.79. The fourth-order valence-corrected chi connectivity index (χ4v) is 4.25. The molecule has 2 aliphatic heterocycles. The van der Waals surface area contributed by atoms with E-state index < -0.39 is 0 Å². The highest BCUT2D eigenvalue weighted by molar-refractivity contribution is 5.82. The van der Waals surface area contributed by atoms with E-state index in [-0.39, 0.29) is 5.79 Å². The third kappa shape index (κ3) is 1.62. The molecule has 4 aliphatic rings. The molecule has 0 aromatic carbocycles. The smallest absolute Gasteiger partial charge is 0.226 e. The molecule has 100 valence electrons. The third-order valence-electron chi connectivity index (χ3n) is 5.34. The summed E-state index contributed by atoms with van der Waals surface area (Å²) >= 11 is 0. The Morgan fingerprint density at radius 2 is 1.67 bits per heavy atom. The van der Waals surface area contributed by atoms with Gasteiger partial charge in [-0.1, -0.05) is 6.42 Å². The maximum Gasteiger partial charge on any atom is 0.226 e. The summed E-state index contributed by atoms with van der Waals surface area (Å²) in [5.74, 6) is 1.89. The Balaban J connectivity index is 1.35. The van der Waals surface area contributed by atoms with Gasteiger partial charge in [0.15, 0.2) is 5.79 Å². The molecule has 2 saturated heterocycles. The first kappa shape index (κ1) is 11.2. The van der Waals surface area contributed by atoms with Crippen LogP contribution >= 0.6 is 0 Å². The van der Waals surface area contributed by atoms with Gasteiger partial charge in [-0.15, -0.1) is 0 Å². The maximum atomic E-state index is 12.4. The average molecular weight is 251 g/mol. The second-order valence-corrected chi connectivity index (χ2v) is 6.22. The lowest BCUT2D eigenvalue weighted by atomic mass is 10.0. The number of piperidine rings is 1. The van der Waals surface area contributed by atoms with Crippen molar-refractivity contribution in [3.05, 3.63) is 0 Å². The number of carbonyl (C=O) groups is 1. The number of hydrogen-bond acceptors (Lipinski definition) is 3. The van der Waals surface area contributed by atoms with E-state index in [0.29, 0.717) is 25.0 Å². The van der Waals surface area contributed by atoms with Crippen molar-refractivity contribution in [2.45, 2.75) is 37.9 Å². The Hall–Kier alpha value is -0.610. The van der Waals surface area contributed by atoms with Crippen LogP contribution < -0.4 is 0 Å². The Morgan fingerprint density at radius 1 is 1.06 bits per heavy atom. The van der Waals surface area contributed by atoms with Crippen LogP contribution in [-0.2, 0) is 14.3 Å². The van der Waals surface area contributed by atoms with E-state index in [1.807, 2.05) is 0 Å². The van der Waals surface area contributed by atoms with Crippen molar-refractivity contribution in [2.24, 2.45) is 17.8 Å². The molecule has 4 rings (SSSR count). The Labute approximate surface area is 108 Å². The molecule has 2 unspecified atom stereocenters. The molecule has 2 saturated carbocycles. The van der Waals surface area contributed by atoms with E-state index >= 15 is 0 Å². The normalized spacial score (nSPS) is 41.1. The highest BCUT2D eigenvalue weighted by Gasteiger charge is 2.58. The van der Waals surface area contributed by atoms with Crippen molar-refractivity contribution in [2.75, 3.05) is 26.3 Å². The van der Waals surface area contributed by atoms with Gasteiger partial charge >= 0.3 is 0 Å². The SMILES string of the molecule is O=C(C1C2CCCC21)N1CCC2(CC1)OCCO2. The number of hydrogen-bond donors (Lipinski definition) is 0. The van der Waals surface area contributed by atoms with Gasteiger partial charge in [-0.25, -0.2) is 0 Å². The number of nitrogens with zero attached hydrogens (tertiary/aromatic N) is 1. The fourth-order valence-electron chi connectivity index (χ4n) is 4.25. The molecule has 4 heteroatoms. The minimum atomic E-state index is -0.351. The summed E-state index contributed by atoms with van der Waals surface area (Å²) in [5.41, 5.74) is 0. The molecule has 1 spiro atoms. The first-order valence-corrected chi connectivity index (χ1v) is 7.36. The highest BCUT2D eigenvalue weighted by atomic mass is 16.7. The molecule has 0 radical (unpaired) electrons. The summed E-state index contributed by atoms with van der Waals surface area (Å²) in [4.78, 5) is 14.5. The minimum absolute atomic E-state index is 0.351. The number of likely N-dealkylation sites (tertiary alicyclic amines) is 1. The standard InChI is InChI=1S/C14H21NO3/c16-13(12-10-2-1-3-11(10)12)15-6-4-14(5-7-15)17-8-9-18-14/h10-12H,1-9H2. The van der Waals surface area contributed by atoms with Crippen LogP contribution in [0.3, 0.4) is 0 Å². The summed E-state index contributed by atoms with van der Waals surface area (Å²) in [6, 6.07) is 0. The molecule has 1 amide bonds. The number of fused-ring (bicyclic) bond motifs is 1. The molecular formula is C14H21NO3. The van der Waals surface area contributed by atoms with Crippen LogP contribution in [0.5, 0.6) is 0 Å². The topological polar surface area (TPSA) is 38.8 Å². The minimum Gasteiger partial charge on any atom is -0.347 e. The Bertz CT molecular complexity index is 344. The second kappa shape index (κ2) is 3.94. The van der Waals surface area contributed by atoms with Crippen molar-refractivity contribution >= 4 is 5.91 Å². The summed E-state index contributed by atoms with van der Waals surface area (Å²) in [6.07, 6.45) is 5.60. The van der Waals surface area contributed by atoms with Crippen LogP contribution in [-0.4, -0.2) is 42.9 Å². The van der Waals surface area contributed by atoms with Crippen molar-refractivity contribution in [1.82, 2.24) is 4.90 Å². The lowest BCUT2D eigenvalue weighted by molar-refractivity contribution is -0.187. The molecule has 2 heterocycles. The summed E-state index contributed by atoms with van der Waals surface area (Å²) in [6.45, 7) is 3.05. The van der Waals surface area contributed by atoms with E-state index in [4.69, 9.17) is 9.47 Å². The van der Waals surface area contributed by atoms with Gasteiger partial charge < -0.3 is 14.4 Å². The van der Waals surface area contributed by atoms with Gasteiger partial charge in [0.2, 0.25) is 5.91 Å². The van der Waals surface area contributed by atoms with Gasteiger partial charge in [-0.2, -0.15) is 0 Å². The predicted molar refractivity (Wildman–Crippen MR) is 64.8 cm³/mol. The Kier molecular flexibility index (Phi) is 2.46. The van der Waals surface area contributed by atoms with Crippen LogP contribution in [0.1, 0.15) is 32.1 Å². The van der Waals surface area contributed by atoms with E-state index in [0.717, 1.165) is 37.8 Å². The van der Waals surface area contributed by atoms with Gasteiger partial charge in [0.05, 0.1) is 13.2 Å². The summed E-state index contributed by atoms with van der Waals surface area (Å²) < 4.78 is 11.4. The molecule has 0 aromatic heterocycles. The number of rotatable bonds is 1. The van der Waals surface area contributed by atoms with Crippen LogP contribution in [0.4, 0.5) is 0 Å². The van der Waals surface area contributed by atoms with Crippen molar-refractivity contribution < 1.29 is 14.3 Å². The van der Waals surface area contributed by atoms with Gasteiger partial charge in [0, 0.05) is 31.8 Å². The first-order valence-electron chi connectivity index (χ1n) is 7.36. The van der Waals surface area contributed by atoms with Gasteiger partial charge in [0.25, 0.3) is 0 Å². The van der Waals surface area contributed by atoms with Crippen LogP contribution in [0, 0.1) is 17.8 Å². The lowest BCUT2D eigenvalue weighted by Gasteiger charge is -2.37. The molecule has 4 fully saturated rings. The predicted octanol–water partition coefficient (Wildman–Crippen LogP) is 1.40. The van der Waals surface area contributed by atoms with E-state index in [2.05, 4.69) is 4.90 Å². The van der Waals surface area contributed by atoms with Crippen molar-refractivity contribution in [3.63, 3.8) is 0 Å². The number of ether oxygens (including phenoxy) is 2. The molecular weight excluding hydrogens is 230 g/mol. The summed E-state index contributed by atoms with van der Waals surface area (Å²) in [7, 11) is 0. The first-order chi connectivity index (χ1) is 8.79. The molecule has 0 N–H and O–H groups in total. The van der Waals surface area contributed by atoms with Crippen molar-refractivity contribution in [1.29, 1.82) is 0 Å². The van der Waals surface area contributed by atoms with E-state index in [1.165, 1.54) is 19.3 Å². The maximum absolute atomic E-state index is 12.4. The van der Waals surface area contributed by atoms with Gasteiger partial charge in [-0.05, 0) is 24.7 Å². The van der Waals surface area contributed by atoms with Gasteiger partial charge in [-0.3, -0.25) is 4.79 Å². The molecule has 4 nitrogen and oxygen atoms in total. The fraction of sp³-hybridized carbons (Fsp3) is 0.929. The van der Waals surface area contributed by atoms with Crippen LogP contribution in [0.2, 0.25) is 0 Å². The van der Waals surface area contributed by atoms with E-state index in [1.54, 1.807) is 0 Å².